The fourth-order valence-electron chi connectivity index (χ4n) is 1.85. The molecule has 0 aliphatic heterocycles. The average Bonchev–Trinajstić information content (AvgIpc) is 2.41. The quantitative estimate of drug-likeness (QED) is 0.438. The molecule has 0 radical (unpaired) electrons. The van der Waals surface area contributed by atoms with Crippen molar-refractivity contribution in [3.63, 3.8) is 0 Å². The molecule has 0 N–H and O–H groups in total. The summed E-state index contributed by atoms with van der Waals surface area (Å²) in [5.74, 6) is 0.850. The highest BCUT2D eigenvalue weighted by molar-refractivity contribution is 9.11. The van der Waals surface area contributed by atoms with Gasteiger partial charge in [0.2, 0.25) is 0 Å². The lowest BCUT2D eigenvalue weighted by atomic mass is 10.0. The topological polar surface area (TPSA) is 9.23 Å². The van der Waals surface area contributed by atoms with Gasteiger partial charge < -0.3 is 4.74 Å². The first-order valence-electron chi connectivity index (χ1n) is 6.04. The Labute approximate surface area is 149 Å². The molecule has 5 heteroatoms. The van der Waals surface area contributed by atoms with Crippen molar-refractivity contribution < 1.29 is 4.74 Å². The zero-order valence-corrected chi connectivity index (χ0v) is 16.2. The van der Waals surface area contributed by atoms with E-state index in [0.29, 0.717) is 6.61 Å². The van der Waals surface area contributed by atoms with Crippen molar-refractivity contribution in [2.45, 2.75) is 11.8 Å². The number of hydrogen-bond donors (Lipinski definition) is 0. The Morgan fingerprint density at radius 2 is 1.85 bits per heavy atom. The molecule has 0 fully saturated rings. The van der Waals surface area contributed by atoms with Gasteiger partial charge in [0.25, 0.3) is 0 Å². The molecular formula is C15H12Br3ClO. The molecule has 2 aromatic rings. The summed E-state index contributed by atoms with van der Waals surface area (Å²) in [6, 6.07) is 11.8. The van der Waals surface area contributed by atoms with Crippen LogP contribution in [0.3, 0.4) is 0 Å². The van der Waals surface area contributed by atoms with Gasteiger partial charge in [-0.25, -0.2) is 0 Å². The zero-order valence-electron chi connectivity index (χ0n) is 10.7. The highest BCUT2D eigenvalue weighted by atomic mass is 79.9. The minimum absolute atomic E-state index is 0.0116. The second-order valence-corrected chi connectivity index (χ2v) is 7.24. The summed E-state index contributed by atoms with van der Waals surface area (Å²) < 4.78 is 7.48. The van der Waals surface area contributed by atoms with E-state index in [2.05, 4.69) is 47.8 Å². The molecule has 0 bridgehead atoms. The lowest BCUT2D eigenvalue weighted by molar-refractivity contribution is 0.340. The Kier molecular flexibility index (Phi) is 5.96. The second-order valence-electron chi connectivity index (χ2n) is 4.14. The third-order valence-electron chi connectivity index (χ3n) is 2.79. The third kappa shape index (κ3) is 3.79. The summed E-state index contributed by atoms with van der Waals surface area (Å²) in [5, 5.41) is 0.732. The van der Waals surface area contributed by atoms with E-state index < -0.39 is 0 Å². The summed E-state index contributed by atoms with van der Waals surface area (Å²) in [6.45, 7) is 2.62. The van der Waals surface area contributed by atoms with Gasteiger partial charge >= 0.3 is 0 Å². The molecule has 0 heterocycles. The molecule has 20 heavy (non-hydrogen) atoms. The molecule has 0 aliphatic carbocycles. The molecular weight excluding hydrogens is 471 g/mol. The third-order valence-corrected chi connectivity index (χ3v) is 5.30. The average molecular weight is 483 g/mol. The first kappa shape index (κ1) is 16.3. The summed E-state index contributed by atoms with van der Waals surface area (Å²) in [4.78, 5) is 0.0116. The molecule has 0 saturated carbocycles. The van der Waals surface area contributed by atoms with Gasteiger partial charge in [0.05, 0.1) is 11.4 Å². The van der Waals surface area contributed by atoms with Crippen molar-refractivity contribution in [2.24, 2.45) is 0 Å². The van der Waals surface area contributed by atoms with E-state index >= 15 is 0 Å². The van der Waals surface area contributed by atoms with E-state index in [-0.39, 0.29) is 4.83 Å². The van der Waals surface area contributed by atoms with Crippen LogP contribution in [0.2, 0.25) is 5.02 Å². The molecule has 2 aromatic carbocycles. The van der Waals surface area contributed by atoms with Gasteiger partial charge in [0.15, 0.2) is 0 Å². The molecule has 1 atom stereocenters. The minimum atomic E-state index is 0.0116. The van der Waals surface area contributed by atoms with Crippen LogP contribution >= 0.6 is 59.4 Å². The summed E-state index contributed by atoms with van der Waals surface area (Å²) >= 11 is 17.1. The van der Waals surface area contributed by atoms with Crippen molar-refractivity contribution >= 4 is 59.4 Å². The molecule has 0 spiro atoms. The van der Waals surface area contributed by atoms with Gasteiger partial charge in [-0.3, -0.25) is 0 Å². The first-order valence-corrected chi connectivity index (χ1v) is 8.92. The number of benzene rings is 2. The van der Waals surface area contributed by atoms with Crippen LogP contribution in [-0.2, 0) is 0 Å². The van der Waals surface area contributed by atoms with E-state index in [0.717, 1.165) is 30.8 Å². The molecule has 0 aromatic heterocycles. The van der Waals surface area contributed by atoms with Gasteiger partial charge in [-0.15, -0.1) is 0 Å². The lowest BCUT2D eigenvalue weighted by Crippen LogP contribution is -1.97. The fraction of sp³-hybridized carbons (Fsp3) is 0.200. The predicted octanol–water partition coefficient (Wildman–Crippen LogP) is 6.75. The maximum atomic E-state index is 6.28. The van der Waals surface area contributed by atoms with Crippen molar-refractivity contribution in [1.82, 2.24) is 0 Å². The Hall–Kier alpha value is -0.0300. The Bertz CT molecular complexity index is 616. The number of hydrogen-bond acceptors (Lipinski definition) is 1. The van der Waals surface area contributed by atoms with E-state index in [1.54, 1.807) is 0 Å². The van der Waals surface area contributed by atoms with Gasteiger partial charge in [-0.1, -0.05) is 65.5 Å². The Balaban J connectivity index is 2.38. The summed E-state index contributed by atoms with van der Waals surface area (Å²) in [6.07, 6.45) is 0. The van der Waals surface area contributed by atoms with E-state index in [1.165, 1.54) is 0 Å². The molecule has 1 nitrogen and oxygen atoms in total. The number of rotatable bonds is 4. The van der Waals surface area contributed by atoms with Crippen LogP contribution in [0.4, 0.5) is 0 Å². The summed E-state index contributed by atoms with van der Waals surface area (Å²) in [5.41, 5.74) is 2.12. The van der Waals surface area contributed by atoms with Crippen molar-refractivity contribution in [3.05, 3.63) is 61.5 Å². The molecule has 0 aliphatic rings. The van der Waals surface area contributed by atoms with E-state index in [9.17, 15) is 0 Å². The van der Waals surface area contributed by atoms with E-state index in [1.807, 2.05) is 43.3 Å². The largest absolute Gasteiger partial charge is 0.494 e. The van der Waals surface area contributed by atoms with Gasteiger partial charge in [0.1, 0.15) is 5.75 Å². The predicted molar refractivity (Wildman–Crippen MR) is 95.2 cm³/mol. The fourth-order valence-corrected chi connectivity index (χ4v) is 4.26. The zero-order chi connectivity index (χ0) is 14.7. The number of halogens is 4. The van der Waals surface area contributed by atoms with Crippen molar-refractivity contribution in [1.29, 1.82) is 0 Å². The molecule has 2 rings (SSSR count). The van der Waals surface area contributed by atoms with Crippen LogP contribution < -0.4 is 4.74 Å². The van der Waals surface area contributed by atoms with Crippen LogP contribution in [-0.4, -0.2) is 6.61 Å². The number of ether oxygens (including phenoxy) is 1. The Morgan fingerprint density at radius 1 is 1.10 bits per heavy atom. The first-order chi connectivity index (χ1) is 9.52. The van der Waals surface area contributed by atoms with Crippen LogP contribution in [0.15, 0.2) is 45.3 Å². The van der Waals surface area contributed by atoms with Crippen LogP contribution in [0.1, 0.15) is 22.9 Å². The van der Waals surface area contributed by atoms with Gasteiger partial charge in [0, 0.05) is 14.0 Å². The maximum absolute atomic E-state index is 6.28. The second kappa shape index (κ2) is 7.30. The highest BCUT2D eigenvalue weighted by Crippen LogP contribution is 2.40. The number of alkyl halides is 1. The molecule has 0 saturated heterocycles. The van der Waals surface area contributed by atoms with Crippen LogP contribution in [0, 0.1) is 0 Å². The molecule has 1 unspecified atom stereocenters. The SMILES string of the molecule is CCOc1ccc(C(Br)c2cc(Br)ccc2Cl)c(Br)c1. The van der Waals surface area contributed by atoms with Crippen LogP contribution in [0.5, 0.6) is 5.75 Å². The van der Waals surface area contributed by atoms with Crippen LogP contribution in [0.25, 0.3) is 0 Å². The van der Waals surface area contributed by atoms with E-state index in [4.69, 9.17) is 16.3 Å². The smallest absolute Gasteiger partial charge is 0.120 e. The summed E-state index contributed by atoms with van der Waals surface area (Å²) in [7, 11) is 0. The monoisotopic (exact) mass is 480 g/mol. The Morgan fingerprint density at radius 3 is 2.50 bits per heavy atom. The molecule has 0 amide bonds. The lowest BCUT2D eigenvalue weighted by Gasteiger charge is -2.15. The normalized spacial score (nSPS) is 12.2. The van der Waals surface area contributed by atoms with Gasteiger partial charge in [-0.2, -0.15) is 0 Å². The standard InChI is InChI=1S/C15H12Br3ClO/c1-2-20-10-4-5-11(13(17)8-10)15(18)12-7-9(16)3-6-14(12)19/h3-8,15H,2H2,1H3. The van der Waals surface area contributed by atoms with Gasteiger partial charge in [-0.05, 0) is 48.4 Å². The van der Waals surface area contributed by atoms with Crippen molar-refractivity contribution in [3.8, 4) is 5.75 Å². The molecule has 106 valence electrons. The van der Waals surface area contributed by atoms with Crippen molar-refractivity contribution in [2.75, 3.05) is 6.61 Å². The highest BCUT2D eigenvalue weighted by Gasteiger charge is 2.17. The maximum Gasteiger partial charge on any atom is 0.120 e. The minimum Gasteiger partial charge on any atom is -0.494 e.